The molecule has 0 amide bonds. The van der Waals surface area contributed by atoms with Crippen LogP contribution in [0.1, 0.15) is 5.56 Å². The van der Waals surface area contributed by atoms with Gasteiger partial charge in [-0.05, 0) is 71.6 Å². The largest absolute Gasteiger partial charge is 0.455 e. The zero-order valence-corrected chi connectivity index (χ0v) is 31.0. The molecule has 5 heteroatoms. The highest BCUT2D eigenvalue weighted by atomic mass is 16.3. The van der Waals surface area contributed by atoms with E-state index in [1.165, 1.54) is 5.56 Å². The standard InChI is InChI=1S/C52H33N3O2/c1-32-25-26-53-31-45(32)33-21-23-34(24-22-33)46-30-47(55-52(54-46)35-11-3-2-4-12-35)38-28-36(39-15-9-17-43-41-13-5-7-19-48(41)56-50(39)43)27-37(29-38)40-16-10-18-44-42-14-6-8-20-49(42)57-51(40)44/h2-31H,1H3. The quantitative estimate of drug-likeness (QED) is 0.170. The Morgan fingerprint density at radius 2 is 0.912 bits per heavy atom. The Bertz CT molecular complexity index is 3170. The van der Waals surface area contributed by atoms with Gasteiger partial charge in [-0.3, -0.25) is 4.98 Å². The number of rotatable bonds is 6. The van der Waals surface area contributed by atoms with Crippen LogP contribution in [0.2, 0.25) is 0 Å². The van der Waals surface area contributed by atoms with Gasteiger partial charge in [-0.1, -0.05) is 127 Å². The lowest BCUT2D eigenvalue weighted by Crippen LogP contribution is -1.97. The van der Waals surface area contributed by atoms with Gasteiger partial charge in [0, 0.05) is 67.3 Å². The molecule has 0 spiro atoms. The summed E-state index contributed by atoms with van der Waals surface area (Å²) in [6.45, 7) is 2.11. The van der Waals surface area contributed by atoms with Crippen LogP contribution < -0.4 is 0 Å². The van der Waals surface area contributed by atoms with E-state index in [0.29, 0.717) is 5.82 Å². The van der Waals surface area contributed by atoms with E-state index in [4.69, 9.17) is 18.8 Å². The van der Waals surface area contributed by atoms with E-state index in [1.54, 1.807) is 0 Å². The first-order valence-electron chi connectivity index (χ1n) is 19.1. The van der Waals surface area contributed by atoms with Gasteiger partial charge < -0.3 is 8.83 Å². The number of nitrogens with zero attached hydrogens (tertiary/aromatic N) is 3. The Morgan fingerprint density at radius 3 is 1.53 bits per heavy atom. The SMILES string of the molecule is Cc1ccncc1-c1ccc(-c2cc(-c3cc(-c4cccc5c4oc4ccccc45)cc(-c4cccc5c4oc4ccccc45)c3)nc(-c3ccccc3)n2)cc1. The van der Waals surface area contributed by atoms with Crippen molar-refractivity contribution < 1.29 is 8.83 Å². The van der Waals surface area contributed by atoms with E-state index in [0.717, 1.165) is 105 Å². The summed E-state index contributed by atoms with van der Waals surface area (Å²) in [5, 5.41) is 4.34. The van der Waals surface area contributed by atoms with Crippen LogP contribution in [0, 0.1) is 6.92 Å². The molecule has 7 aromatic carbocycles. The highest BCUT2D eigenvalue weighted by Crippen LogP contribution is 2.42. The number of benzene rings is 7. The molecule has 11 rings (SSSR count). The molecule has 0 saturated heterocycles. The second-order valence-electron chi connectivity index (χ2n) is 14.5. The van der Waals surface area contributed by atoms with Crippen LogP contribution in [0.3, 0.4) is 0 Å². The number of aryl methyl sites for hydroxylation is 1. The van der Waals surface area contributed by atoms with Crippen molar-refractivity contribution in [2.24, 2.45) is 0 Å². The lowest BCUT2D eigenvalue weighted by molar-refractivity contribution is 0.670. The van der Waals surface area contributed by atoms with Crippen molar-refractivity contribution in [2.45, 2.75) is 6.92 Å². The molecule has 0 aliphatic rings. The minimum Gasteiger partial charge on any atom is -0.455 e. The van der Waals surface area contributed by atoms with Gasteiger partial charge in [0.25, 0.3) is 0 Å². The predicted molar refractivity (Wildman–Crippen MR) is 232 cm³/mol. The molecule has 0 aliphatic heterocycles. The monoisotopic (exact) mass is 731 g/mol. The summed E-state index contributed by atoms with van der Waals surface area (Å²) in [4.78, 5) is 14.8. The van der Waals surface area contributed by atoms with Crippen molar-refractivity contribution in [3.63, 3.8) is 0 Å². The Labute approximate surface area is 328 Å². The highest BCUT2D eigenvalue weighted by molar-refractivity contribution is 6.11. The molecule has 268 valence electrons. The topological polar surface area (TPSA) is 65.0 Å². The molecule has 0 fully saturated rings. The molecule has 0 unspecified atom stereocenters. The summed E-state index contributed by atoms with van der Waals surface area (Å²) in [6.07, 6.45) is 3.75. The molecule has 5 nitrogen and oxygen atoms in total. The van der Waals surface area contributed by atoms with Crippen molar-refractivity contribution in [2.75, 3.05) is 0 Å². The van der Waals surface area contributed by atoms with Gasteiger partial charge in [-0.2, -0.15) is 0 Å². The van der Waals surface area contributed by atoms with Gasteiger partial charge in [-0.15, -0.1) is 0 Å². The molecule has 11 aromatic rings. The molecule has 4 aromatic heterocycles. The molecule has 0 saturated carbocycles. The van der Waals surface area contributed by atoms with Crippen LogP contribution >= 0.6 is 0 Å². The lowest BCUT2D eigenvalue weighted by atomic mass is 9.93. The molecule has 57 heavy (non-hydrogen) atoms. The van der Waals surface area contributed by atoms with Crippen molar-refractivity contribution >= 4 is 43.9 Å². The average Bonchev–Trinajstić information content (AvgIpc) is 3.85. The van der Waals surface area contributed by atoms with Crippen molar-refractivity contribution in [1.29, 1.82) is 0 Å². The molecular weight excluding hydrogens is 699 g/mol. The molecule has 0 aliphatic carbocycles. The van der Waals surface area contributed by atoms with Gasteiger partial charge in [-0.25, -0.2) is 9.97 Å². The molecule has 0 bridgehead atoms. The number of pyridine rings is 1. The first-order chi connectivity index (χ1) is 28.1. The molecule has 0 atom stereocenters. The van der Waals surface area contributed by atoms with Gasteiger partial charge in [0.15, 0.2) is 5.82 Å². The number of hydrogen-bond acceptors (Lipinski definition) is 5. The van der Waals surface area contributed by atoms with Crippen molar-refractivity contribution in [3.8, 4) is 67.3 Å². The van der Waals surface area contributed by atoms with Gasteiger partial charge >= 0.3 is 0 Å². The average molecular weight is 732 g/mol. The Kier molecular flexibility index (Phi) is 7.64. The summed E-state index contributed by atoms with van der Waals surface area (Å²) in [5.74, 6) is 0.654. The summed E-state index contributed by atoms with van der Waals surface area (Å²) >= 11 is 0. The van der Waals surface area contributed by atoms with Crippen LogP contribution in [0.4, 0.5) is 0 Å². The Hall–Kier alpha value is -7.63. The maximum absolute atomic E-state index is 6.59. The smallest absolute Gasteiger partial charge is 0.160 e. The minimum atomic E-state index is 0.654. The van der Waals surface area contributed by atoms with Crippen LogP contribution in [0.15, 0.2) is 191 Å². The first kappa shape index (κ1) is 32.8. The minimum absolute atomic E-state index is 0.654. The fourth-order valence-electron chi connectivity index (χ4n) is 8.08. The third-order valence-corrected chi connectivity index (χ3v) is 10.9. The highest BCUT2D eigenvalue weighted by Gasteiger charge is 2.19. The van der Waals surface area contributed by atoms with Crippen LogP contribution in [-0.2, 0) is 0 Å². The van der Waals surface area contributed by atoms with Crippen LogP contribution in [0.25, 0.3) is 111 Å². The Morgan fingerprint density at radius 1 is 0.386 bits per heavy atom. The molecule has 4 heterocycles. The maximum Gasteiger partial charge on any atom is 0.160 e. The van der Waals surface area contributed by atoms with E-state index in [9.17, 15) is 0 Å². The number of fused-ring (bicyclic) bond motifs is 6. The first-order valence-corrected chi connectivity index (χ1v) is 19.1. The fourth-order valence-corrected chi connectivity index (χ4v) is 8.08. The summed E-state index contributed by atoms with van der Waals surface area (Å²) in [5.41, 5.74) is 15.4. The van der Waals surface area contributed by atoms with Crippen molar-refractivity contribution in [3.05, 3.63) is 188 Å². The lowest BCUT2D eigenvalue weighted by Gasteiger charge is -2.14. The van der Waals surface area contributed by atoms with Crippen LogP contribution in [0.5, 0.6) is 0 Å². The maximum atomic E-state index is 6.59. The van der Waals surface area contributed by atoms with Crippen molar-refractivity contribution in [1.82, 2.24) is 15.0 Å². The van der Waals surface area contributed by atoms with Gasteiger partial charge in [0.1, 0.15) is 22.3 Å². The predicted octanol–water partition coefficient (Wildman–Crippen LogP) is 14.0. The second kappa shape index (κ2) is 13.3. The molecule has 0 radical (unpaired) electrons. The van der Waals surface area contributed by atoms with E-state index < -0.39 is 0 Å². The van der Waals surface area contributed by atoms with E-state index in [1.807, 2.05) is 60.9 Å². The summed E-state index contributed by atoms with van der Waals surface area (Å²) in [6, 6.07) is 58.8. The van der Waals surface area contributed by atoms with E-state index in [2.05, 4.69) is 133 Å². The zero-order chi connectivity index (χ0) is 37.9. The normalized spacial score (nSPS) is 11.6. The second-order valence-corrected chi connectivity index (χ2v) is 14.5. The molecular formula is C52H33N3O2. The molecule has 0 N–H and O–H groups in total. The fraction of sp³-hybridized carbons (Fsp3) is 0.0192. The third kappa shape index (κ3) is 5.68. The van der Waals surface area contributed by atoms with E-state index >= 15 is 0 Å². The van der Waals surface area contributed by atoms with E-state index in [-0.39, 0.29) is 0 Å². The van der Waals surface area contributed by atoms with Crippen LogP contribution in [-0.4, -0.2) is 15.0 Å². The number of aromatic nitrogens is 3. The number of furan rings is 2. The summed E-state index contributed by atoms with van der Waals surface area (Å²) in [7, 11) is 0. The third-order valence-electron chi connectivity index (χ3n) is 10.9. The summed E-state index contributed by atoms with van der Waals surface area (Å²) < 4.78 is 13.2. The van der Waals surface area contributed by atoms with Gasteiger partial charge in [0.05, 0.1) is 11.4 Å². The number of para-hydroxylation sites is 4. The zero-order valence-electron chi connectivity index (χ0n) is 31.0. The Balaban J connectivity index is 1.15. The van der Waals surface area contributed by atoms with Gasteiger partial charge in [0.2, 0.25) is 0 Å². The number of hydrogen-bond donors (Lipinski definition) is 0.